The third-order valence-electron chi connectivity index (χ3n) is 4.42. The van der Waals surface area contributed by atoms with Gasteiger partial charge in [-0.3, -0.25) is 0 Å². The van der Waals surface area contributed by atoms with Gasteiger partial charge in [0.1, 0.15) is 11.5 Å². The summed E-state index contributed by atoms with van der Waals surface area (Å²) in [5, 5.41) is 9.89. The predicted octanol–water partition coefficient (Wildman–Crippen LogP) is 5.01. The monoisotopic (exact) mass is 404 g/mol. The maximum atomic E-state index is 9.86. The number of ether oxygens (including phenoxy) is 4. The Morgan fingerprint density at radius 2 is 1.61 bits per heavy atom. The quantitative estimate of drug-likeness (QED) is 0.443. The molecule has 1 N–H and O–H groups in total. The van der Waals surface area contributed by atoms with E-state index in [0.29, 0.717) is 5.75 Å². The molecule has 2 unspecified atom stereocenters. The minimum Gasteiger partial charge on any atom is -0.504 e. The number of hydrogen-bond donors (Lipinski definition) is 1. The van der Waals surface area contributed by atoms with Crippen LogP contribution >= 0.6 is 11.8 Å². The Morgan fingerprint density at radius 3 is 2.11 bits per heavy atom. The molecule has 0 fully saturated rings. The molecule has 2 aromatic carbocycles. The van der Waals surface area contributed by atoms with Gasteiger partial charge in [0.2, 0.25) is 0 Å². The van der Waals surface area contributed by atoms with E-state index in [1.807, 2.05) is 24.3 Å². The molecule has 2 aromatic rings. The molecule has 0 saturated heterocycles. The highest BCUT2D eigenvalue weighted by Crippen LogP contribution is 2.45. The highest BCUT2D eigenvalue weighted by atomic mass is 32.2. The van der Waals surface area contributed by atoms with E-state index in [0.717, 1.165) is 33.9 Å². The minimum atomic E-state index is -0.221. The van der Waals surface area contributed by atoms with Gasteiger partial charge in [-0.1, -0.05) is 19.1 Å². The number of methoxy groups -OCH3 is 4. The third kappa shape index (κ3) is 4.94. The molecule has 0 bridgehead atoms. The number of thioether (sulfide) groups is 1. The maximum absolute atomic E-state index is 9.86. The van der Waals surface area contributed by atoms with E-state index < -0.39 is 0 Å². The van der Waals surface area contributed by atoms with Gasteiger partial charge in [-0.05, 0) is 41.8 Å². The molecule has 6 heteroatoms. The molecule has 0 spiro atoms. The van der Waals surface area contributed by atoms with E-state index in [2.05, 4.69) is 13.5 Å². The average Bonchev–Trinajstić information content (AvgIpc) is 2.70. The lowest BCUT2D eigenvalue weighted by molar-refractivity contribution is 0.104. The number of rotatable bonds is 10. The van der Waals surface area contributed by atoms with Gasteiger partial charge in [-0.2, -0.15) is 0 Å². The van der Waals surface area contributed by atoms with Crippen LogP contribution in [0.25, 0.3) is 0 Å². The van der Waals surface area contributed by atoms with Crippen LogP contribution in [0, 0.1) is 0 Å². The Hall–Kier alpha value is -2.31. The molecule has 0 aliphatic carbocycles. The van der Waals surface area contributed by atoms with Crippen LogP contribution in [0.15, 0.2) is 47.9 Å². The standard InChI is InChI=1S/C22H28O5S/c1-7-8-15-11-19(25-4)22(20(12-15)26-5)28-14(2)21(27-6)16-9-10-17(23)18(13-16)24-3/h7,9-14,21,23H,1,8H2,2-6H3. The lowest BCUT2D eigenvalue weighted by atomic mass is 10.1. The van der Waals surface area contributed by atoms with E-state index in [-0.39, 0.29) is 17.1 Å². The number of allylic oxidation sites excluding steroid dienone is 1. The zero-order valence-corrected chi connectivity index (χ0v) is 17.8. The lowest BCUT2D eigenvalue weighted by Crippen LogP contribution is -2.14. The fraction of sp³-hybridized carbons (Fsp3) is 0.364. The second-order valence-corrected chi connectivity index (χ2v) is 7.62. The molecular formula is C22H28O5S. The Kier molecular flexibility index (Phi) is 8.08. The second kappa shape index (κ2) is 10.3. The fourth-order valence-corrected chi connectivity index (χ4v) is 4.33. The molecule has 5 nitrogen and oxygen atoms in total. The number of benzene rings is 2. The van der Waals surface area contributed by atoms with E-state index in [4.69, 9.17) is 18.9 Å². The molecule has 0 radical (unpaired) electrons. The number of phenols is 1. The molecule has 0 aliphatic rings. The maximum Gasteiger partial charge on any atom is 0.160 e. The van der Waals surface area contributed by atoms with Crippen LogP contribution in [0.1, 0.15) is 24.2 Å². The van der Waals surface area contributed by atoms with Crippen molar-refractivity contribution in [3.63, 3.8) is 0 Å². The van der Waals surface area contributed by atoms with Crippen molar-refractivity contribution in [1.82, 2.24) is 0 Å². The summed E-state index contributed by atoms with van der Waals surface area (Å²) in [5.74, 6) is 2.03. The first kappa shape index (κ1) is 22.0. The smallest absolute Gasteiger partial charge is 0.160 e. The van der Waals surface area contributed by atoms with Crippen molar-refractivity contribution in [3.8, 4) is 23.0 Å². The van der Waals surface area contributed by atoms with Crippen LogP contribution < -0.4 is 14.2 Å². The fourth-order valence-electron chi connectivity index (χ4n) is 3.05. The predicted molar refractivity (Wildman–Crippen MR) is 113 cm³/mol. The van der Waals surface area contributed by atoms with Crippen molar-refractivity contribution in [2.75, 3.05) is 28.4 Å². The van der Waals surface area contributed by atoms with Gasteiger partial charge in [0.25, 0.3) is 0 Å². The van der Waals surface area contributed by atoms with E-state index in [1.165, 1.54) is 7.11 Å². The Morgan fingerprint density at radius 1 is 1.00 bits per heavy atom. The Labute approximate surface area is 171 Å². The molecule has 0 aliphatic heterocycles. The zero-order chi connectivity index (χ0) is 20.7. The van der Waals surface area contributed by atoms with E-state index in [1.54, 1.807) is 45.2 Å². The molecule has 2 rings (SSSR count). The summed E-state index contributed by atoms with van der Waals surface area (Å²) in [6.45, 7) is 5.87. The molecule has 0 saturated carbocycles. The summed E-state index contributed by atoms with van der Waals surface area (Å²) in [7, 11) is 6.50. The van der Waals surface area contributed by atoms with Crippen molar-refractivity contribution in [2.24, 2.45) is 0 Å². The van der Waals surface area contributed by atoms with Crippen molar-refractivity contribution >= 4 is 11.8 Å². The lowest BCUT2D eigenvalue weighted by Gasteiger charge is -2.25. The second-order valence-electron chi connectivity index (χ2n) is 6.23. The van der Waals surface area contributed by atoms with E-state index in [9.17, 15) is 5.11 Å². The van der Waals surface area contributed by atoms with Crippen LogP contribution in [0.4, 0.5) is 0 Å². The molecule has 2 atom stereocenters. The first-order chi connectivity index (χ1) is 13.5. The van der Waals surface area contributed by atoms with Crippen molar-refractivity contribution in [2.45, 2.75) is 29.6 Å². The van der Waals surface area contributed by atoms with Gasteiger partial charge < -0.3 is 24.1 Å². The SMILES string of the molecule is C=CCc1cc(OC)c(SC(C)C(OC)c2ccc(O)c(OC)c2)c(OC)c1. The Balaban J connectivity index is 2.36. The molecule has 0 heterocycles. The molecular weight excluding hydrogens is 376 g/mol. The van der Waals surface area contributed by atoms with Crippen LogP contribution in [0.3, 0.4) is 0 Å². The zero-order valence-electron chi connectivity index (χ0n) is 17.0. The summed E-state index contributed by atoms with van der Waals surface area (Å²) in [6.07, 6.45) is 2.37. The van der Waals surface area contributed by atoms with Gasteiger partial charge in [0.15, 0.2) is 11.5 Å². The highest BCUT2D eigenvalue weighted by Gasteiger charge is 2.25. The first-order valence-corrected chi connectivity index (χ1v) is 9.79. The van der Waals surface area contributed by atoms with Gasteiger partial charge >= 0.3 is 0 Å². The topological polar surface area (TPSA) is 57.2 Å². The largest absolute Gasteiger partial charge is 0.504 e. The van der Waals surface area contributed by atoms with Crippen LogP contribution in [0.5, 0.6) is 23.0 Å². The van der Waals surface area contributed by atoms with Gasteiger partial charge in [0.05, 0.1) is 32.3 Å². The average molecular weight is 405 g/mol. The molecule has 28 heavy (non-hydrogen) atoms. The number of phenolic OH excluding ortho intramolecular Hbond substituents is 1. The summed E-state index contributed by atoms with van der Waals surface area (Å²) in [4.78, 5) is 0.915. The number of aromatic hydroxyl groups is 1. The summed E-state index contributed by atoms with van der Waals surface area (Å²) in [5.41, 5.74) is 1.99. The minimum absolute atomic E-state index is 0.0345. The first-order valence-electron chi connectivity index (χ1n) is 8.91. The van der Waals surface area contributed by atoms with Gasteiger partial charge in [-0.25, -0.2) is 0 Å². The van der Waals surface area contributed by atoms with Crippen LogP contribution in [-0.2, 0) is 11.2 Å². The summed E-state index contributed by atoms with van der Waals surface area (Å²) in [6, 6.07) is 9.26. The van der Waals surface area contributed by atoms with Crippen molar-refractivity contribution in [1.29, 1.82) is 0 Å². The summed E-state index contributed by atoms with van der Waals surface area (Å²) >= 11 is 1.61. The Bertz CT molecular complexity index is 781. The summed E-state index contributed by atoms with van der Waals surface area (Å²) < 4.78 is 22.2. The van der Waals surface area contributed by atoms with E-state index >= 15 is 0 Å². The number of hydrogen-bond acceptors (Lipinski definition) is 6. The van der Waals surface area contributed by atoms with Gasteiger partial charge in [-0.15, -0.1) is 18.3 Å². The molecule has 0 amide bonds. The normalized spacial score (nSPS) is 12.9. The highest BCUT2D eigenvalue weighted by molar-refractivity contribution is 8.00. The van der Waals surface area contributed by atoms with Crippen molar-refractivity contribution < 1.29 is 24.1 Å². The van der Waals surface area contributed by atoms with Gasteiger partial charge in [0, 0.05) is 12.4 Å². The third-order valence-corrected chi connectivity index (χ3v) is 5.67. The molecule has 0 aromatic heterocycles. The van der Waals surface area contributed by atoms with Crippen LogP contribution in [-0.4, -0.2) is 38.8 Å². The van der Waals surface area contributed by atoms with Crippen molar-refractivity contribution in [3.05, 3.63) is 54.1 Å². The molecule has 152 valence electrons. The van der Waals surface area contributed by atoms with Crippen LogP contribution in [0.2, 0.25) is 0 Å².